The van der Waals surface area contributed by atoms with Crippen molar-refractivity contribution < 1.29 is 27.5 Å². The van der Waals surface area contributed by atoms with E-state index in [1.807, 2.05) is 26.0 Å². The third-order valence-electron chi connectivity index (χ3n) is 11.0. The predicted molar refractivity (Wildman–Crippen MR) is 159 cm³/mol. The number of sulfone groups is 1. The molecule has 222 valence electrons. The number of carbonyl (C=O) groups is 3. The Hall–Kier alpha value is -2.54. The molecule has 0 aromatic heterocycles. The van der Waals surface area contributed by atoms with Crippen LogP contribution in [0.1, 0.15) is 111 Å². The Bertz CT molecular complexity index is 1470. The molecule has 0 amide bonds. The number of ketones is 2. The zero-order valence-electron chi connectivity index (χ0n) is 25.3. The quantitative estimate of drug-likeness (QED) is 0.277. The second-order valence-electron chi connectivity index (χ2n) is 13.7. The average molecular weight is 581 g/mol. The summed E-state index contributed by atoms with van der Waals surface area (Å²) in [4.78, 5) is 42.0. The van der Waals surface area contributed by atoms with Crippen LogP contribution in [0.2, 0.25) is 0 Å². The number of rotatable bonds is 6. The number of fused-ring (bicyclic) bond motifs is 4. The fourth-order valence-corrected chi connectivity index (χ4v) is 11.0. The first-order chi connectivity index (χ1) is 19.2. The van der Waals surface area contributed by atoms with E-state index in [-0.39, 0.29) is 40.5 Å². The van der Waals surface area contributed by atoms with E-state index < -0.39 is 33.0 Å². The Labute approximate surface area is 244 Å². The molecule has 7 heteroatoms. The molecule has 3 aliphatic carbocycles. The molecule has 6 nitrogen and oxygen atoms in total. The molecule has 0 spiro atoms. The van der Waals surface area contributed by atoms with E-state index in [2.05, 4.69) is 33.4 Å². The highest BCUT2D eigenvalue weighted by atomic mass is 32.2. The van der Waals surface area contributed by atoms with Gasteiger partial charge >= 0.3 is 5.97 Å². The van der Waals surface area contributed by atoms with Gasteiger partial charge in [0.1, 0.15) is 0 Å². The first-order valence-electron chi connectivity index (χ1n) is 15.1. The molecule has 1 aliphatic heterocycles. The lowest BCUT2D eigenvalue weighted by Crippen LogP contribution is -2.48. The van der Waals surface area contributed by atoms with Crippen molar-refractivity contribution in [1.82, 2.24) is 0 Å². The summed E-state index contributed by atoms with van der Waals surface area (Å²) in [5.41, 5.74) is 2.60. The Morgan fingerprint density at radius 3 is 2.49 bits per heavy atom. The summed E-state index contributed by atoms with van der Waals surface area (Å²) >= 11 is 0. The van der Waals surface area contributed by atoms with Gasteiger partial charge in [-0.25, -0.2) is 8.42 Å². The van der Waals surface area contributed by atoms with Crippen LogP contribution in [-0.4, -0.2) is 38.8 Å². The van der Waals surface area contributed by atoms with Gasteiger partial charge in [0.15, 0.2) is 21.4 Å². The van der Waals surface area contributed by atoms with E-state index in [9.17, 15) is 22.8 Å². The lowest BCUT2D eigenvalue weighted by molar-refractivity contribution is -0.162. The molecule has 6 atom stereocenters. The summed E-state index contributed by atoms with van der Waals surface area (Å²) in [7, 11) is -1.94. The van der Waals surface area contributed by atoms with Gasteiger partial charge in [0, 0.05) is 33.8 Å². The molecule has 0 radical (unpaired) electrons. The molecular formula is C34H44O6S. The van der Waals surface area contributed by atoms with Crippen molar-refractivity contribution in [3.8, 4) is 0 Å². The van der Waals surface area contributed by atoms with Gasteiger partial charge < -0.3 is 4.74 Å². The number of hydrogen-bond acceptors (Lipinski definition) is 6. The Kier molecular flexibility index (Phi) is 7.54. The largest absolute Gasteiger partial charge is 0.469 e. The fourth-order valence-electron chi connectivity index (χ4n) is 8.83. The topological polar surface area (TPSA) is 94.6 Å². The molecule has 41 heavy (non-hydrogen) atoms. The van der Waals surface area contributed by atoms with Crippen molar-refractivity contribution in [3.05, 3.63) is 57.5 Å². The number of carbonyl (C=O) groups excluding carboxylic acids is 3. The Balaban J connectivity index is 1.58. The number of hydrogen-bond donors (Lipinski definition) is 0. The highest BCUT2D eigenvalue weighted by molar-refractivity contribution is 7.95. The van der Waals surface area contributed by atoms with Crippen molar-refractivity contribution in [1.29, 1.82) is 0 Å². The standard InChI is InChI=1S/C34H44O6S/c1-8-33(5)13-9-14-34(6,32(37)40-7)26(33)11-10-21-17-22(19(2)3)18-25-27(21)29(35)24-16-20(4)31-23(28(24)30(25)36)12-15-41(31,38)39/h8,17-19,23-24,26,28H,1,9-16H2,2-7H3. The van der Waals surface area contributed by atoms with Crippen LogP contribution in [0, 0.1) is 34.5 Å². The van der Waals surface area contributed by atoms with E-state index >= 15 is 0 Å². The number of Topliss-reactive ketones (excluding diaryl/α,β-unsaturated/α-hetero) is 2. The fraction of sp³-hybridized carbons (Fsp3) is 0.618. The predicted octanol–water partition coefficient (Wildman–Crippen LogP) is 6.64. The zero-order chi connectivity index (χ0) is 30.1. The van der Waals surface area contributed by atoms with Gasteiger partial charge in [-0.3, -0.25) is 14.4 Å². The van der Waals surface area contributed by atoms with E-state index in [1.54, 1.807) is 0 Å². The maximum absolute atomic E-state index is 14.3. The van der Waals surface area contributed by atoms with Crippen molar-refractivity contribution in [2.24, 2.45) is 34.5 Å². The molecule has 6 unspecified atom stereocenters. The van der Waals surface area contributed by atoms with Crippen LogP contribution in [0.25, 0.3) is 0 Å². The number of allylic oxidation sites excluding steroid dienone is 3. The van der Waals surface area contributed by atoms with E-state index in [4.69, 9.17) is 4.74 Å². The van der Waals surface area contributed by atoms with Crippen molar-refractivity contribution in [2.45, 2.75) is 85.5 Å². The monoisotopic (exact) mass is 580 g/mol. The van der Waals surface area contributed by atoms with E-state index in [1.165, 1.54) is 7.11 Å². The summed E-state index contributed by atoms with van der Waals surface area (Å²) in [6.45, 7) is 14.2. The van der Waals surface area contributed by atoms with Gasteiger partial charge in [0.2, 0.25) is 0 Å². The number of esters is 1. The second kappa shape index (κ2) is 10.3. The smallest absolute Gasteiger partial charge is 0.311 e. The van der Waals surface area contributed by atoms with Gasteiger partial charge in [-0.1, -0.05) is 44.9 Å². The summed E-state index contributed by atoms with van der Waals surface area (Å²) in [5, 5.41) is 0. The minimum atomic E-state index is -3.38. The maximum atomic E-state index is 14.3. The summed E-state index contributed by atoms with van der Waals surface area (Å²) in [6, 6.07) is 3.96. The Morgan fingerprint density at radius 1 is 1.15 bits per heavy atom. The summed E-state index contributed by atoms with van der Waals surface area (Å²) in [5.74, 6) is -1.76. The molecule has 2 fully saturated rings. The SMILES string of the molecule is C=CC1(C)CCCC(C)(C(=O)OC)C1CCc1cc(C(C)C)cc2c1C(=O)C1CC(C)=C3C(CCS3(=O)=O)C1C2=O. The van der Waals surface area contributed by atoms with Crippen molar-refractivity contribution in [2.75, 3.05) is 12.9 Å². The maximum Gasteiger partial charge on any atom is 0.311 e. The van der Waals surface area contributed by atoms with Crippen molar-refractivity contribution in [3.63, 3.8) is 0 Å². The van der Waals surface area contributed by atoms with Gasteiger partial charge in [0.05, 0.1) is 18.3 Å². The van der Waals surface area contributed by atoms with Crippen molar-refractivity contribution >= 4 is 27.4 Å². The molecule has 1 heterocycles. The molecule has 1 aromatic carbocycles. The lowest BCUT2D eigenvalue weighted by atomic mass is 9.54. The van der Waals surface area contributed by atoms with E-state index in [0.29, 0.717) is 41.7 Å². The minimum Gasteiger partial charge on any atom is -0.469 e. The third-order valence-corrected chi connectivity index (χ3v) is 13.1. The first-order valence-corrected chi connectivity index (χ1v) is 16.7. The van der Waals surface area contributed by atoms with E-state index in [0.717, 1.165) is 36.0 Å². The van der Waals surface area contributed by atoms with Crippen LogP contribution in [0.5, 0.6) is 0 Å². The molecular weight excluding hydrogens is 536 g/mol. The Morgan fingerprint density at radius 2 is 1.85 bits per heavy atom. The molecule has 0 N–H and O–H groups in total. The second-order valence-corrected chi connectivity index (χ2v) is 15.8. The van der Waals surface area contributed by atoms with Crippen LogP contribution in [0.3, 0.4) is 0 Å². The van der Waals surface area contributed by atoms with Gasteiger partial charge in [-0.2, -0.15) is 0 Å². The summed E-state index contributed by atoms with van der Waals surface area (Å²) in [6.07, 6.45) is 6.46. The molecule has 1 saturated carbocycles. The molecule has 5 rings (SSSR count). The molecule has 1 aromatic rings. The van der Waals surface area contributed by atoms with Crippen LogP contribution in [0.4, 0.5) is 0 Å². The zero-order valence-corrected chi connectivity index (χ0v) is 26.2. The highest BCUT2D eigenvalue weighted by Gasteiger charge is 2.55. The number of aryl methyl sites for hydroxylation is 1. The van der Waals surface area contributed by atoms with Crippen LogP contribution in [0.15, 0.2) is 35.3 Å². The lowest BCUT2D eigenvalue weighted by Gasteiger charge is -2.49. The highest BCUT2D eigenvalue weighted by Crippen LogP contribution is 2.55. The number of benzene rings is 1. The third kappa shape index (κ3) is 4.58. The van der Waals surface area contributed by atoms with Gasteiger partial charge in [-0.05, 0) is 86.8 Å². The molecule has 0 bridgehead atoms. The van der Waals surface area contributed by atoms with Crippen LogP contribution >= 0.6 is 0 Å². The normalized spacial score (nSPS) is 34.2. The number of methoxy groups -OCH3 is 1. The molecule has 1 saturated heterocycles. The average Bonchev–Trinajstić information content (AvgIpc) is 3.25. The number of ether oxygens (including phenoxy) is 1. The van der Waals surface area contributed by atoms with Gasteiger partial charge in [-0.15, -0.1) is 6.58 Å². The van der Waals surface area contributed by atoms with Crippen LogP contribution in [-0.2, 0) is 25.8 Å². The van der Waals surface area contributed by atoms with Gasteiger partial charge in [0.25, 0.3) is 0 Å². The minimum absolute atomic E-state index is 0.0385. The first kappa shape index (κ1) is 29.9. The van der Waals surface area contributed by atoms with Crippen LogP contribution < -0.4 is 0 Å². The molecule has 4 aliphatic rings. The summed E-state index contributed by atoms with van der Waals surface area (Å²) < 4.78 is 31.0.